The lowest BCUT2D eigenvalue weighted by Gasteiger charge is -2.25. The fraction of sp³-hybridized carbons (Fsp3) is 0.750. The molecule has 0 aliphatic heterocycles. The monoisotopic (exact) mass is 185 g/mol. The van der Waals surface area contributed by atoms with Crippen LogP contribution in [-0.2, 0) is 0 Å². The predicted octanol–water partition coefficient (Wildman–Crippen LogP) is 0.315. The normalized spacial score (nSPS) is 13.9. The highest BCUT2D eigenvalue weighted by Gasteiger charge is 2.09. The Morgan fingerprint density at radius 2 is 2.08 bits per heavy atom. The summed E-state index contributed by atoms with van der Waals surface area (Å²) in [5.74, 6) is 0.0431. The molecule has 1 atom stereocenters. The first-order valence-corrected chi connectivity index (χ1v) is 4.40. The van der Waals surface area contributed by atoms with E-state index in [0.29, 0.717) is 12.0 Å². The molecule has 5 nitrogen and oxygen atoms in total. The Kier molecular flexibility index (Phi) is 4.87. The summed E-state index contributed by atoms with van der Waals surface area (Å²) in [5, 5.41) is 6.94. The third kappa shape index (κ3) is 4.35. The molecule has 0 saturated carbocycles. The molecule has 0 aliphatic carbocycles. The molecule has 0 spiro atoms. The van der Waals surface area contributed by atoms with Crippen molar-refractivity contribution < 1.29 is 0 Å². The summed E-state index contributed by atoms with van der Waals surface area (Å²) in [5.41, 5.74) is 10.7. The first-order valence-electron chi connectivity index (χ1n) is 4.40. The second kappa shape index (κ2) is 5.40. The van der Waals surface area contributed by atoms with E-state index in [1.165, 1.54) is 0 Å². The van der Waals surface area contributed by atoms with Gasteiger partial charge in [-0.05, 0) is 13.3 Å². The molecule has 5 heteroatoms. The van der Waals surface area contributed by atoms with Crippen LogP contribution >= 0.6 is 0 Å². The van der Waals surface area contributed by atoms with Crippen LogP contribution in [0.2, 0.25) is 0 Å². The van der Waals surface area contributed by atoms with Gasteiger partial charge in [-0.1, -0.05) is 13.3 Å². The van der Waals surface area contributed by atoms with Crippen molar-refractivity contribution in [3.8, 4) is 0 Å². The predicted molar refractivity (Wildman–Crippen MR) is 55.7 cm³/mol. The number of hydrogen-bond acceptors (Lipinski definition) is 1. The highest BCUT2D eigenvalue weighted by molar-refractivity contribution is 5.91. The van der Waals surface area contributed by atoms with Crippen LogP contribution in [0, 0.1) is 5.41 Å². The minimum absolute atomic E-state index is 0.256. The van der Waals surface area contributed by atoms with Crippen LogP contribution in [0.15, 0.2) is 4.99 Å². The summed E-state index contributed by atoms with van der Waals surface area (Å²) in [4.78, 5) is 5.49. The molecule has 0 aromatic heterocycles. The molecule has 0 fully saturated rings. The standard InChI is InChI=1S/C8H19N5/c1-4-5-6(2)13(3)8(11)12-7(9)10/h6H,4-5H2,1-3H3,(H5,9,10,11,12). The zero-order chi connectivity index (χ0) is 10.4. The molecule has 0 aliphatic rings. The van der Waals surface area contributed by atoms with Crippen LogP contribution < -0.4 is 11.5 Å². The Hall–Kier alpha value is -1.26. The molecule has 1 unspecified atom stereocenters. The molecule has 0 bridgehead atoms. The number of hydrogen-bond donors (Lipinski definition) is 3. The van der Waals surface area contributed by atoms with E-state index in [0.717, 1.165) is 12.8 Å². The molecule has 0 heterocycles. The van der Waals surface area contributed by atoms with Crippen molar-refractivity contribution in [3.05, 3.63) is 0 Å². The first-order chi connectivity index (χ1) is 5.99. The van der Waals surface area contributed by atoms with Gasteiger partial charge in [0.1, 0.15) is 0 Å². The fourth-order valence-electron chi connectivity index (χ4n) is 1.04. The Balaban J connectivity index is 4.23. The Bertz CT molecular complexity index is 199. The lowest BCUT2D eigenvalue weighted by molar-refractivity contribution is 0.364. The SMILES string of the molecule is CCCC(C)N(C)/C(N)=N/C(=N)N. The summed E-state index contributed by atoms with van der Waals surface area (Å²) in [6, 6.07) is 0.327. The van der Waals surface area contributed by atoms with Gasteiger partial charge >= 0.3 is 0 Å². The molecule has 0 amide bonds. The van der Waals surface area contributed by atoms with Crippen molar-refractivity contribution in [2.24, 2.45) is 16.5 Å². The summed E-state index contributed by atoms with van der Waals surface area (Å²) in [6.07, 6.45) is 2.14. The number of rotatable bonds is 3. The Morgan fingerprint density at radius 3 is 2.46 bits per heavy atom. The Morgan fingerprint density at radius 1 is 1.54 bits per heavy atom. The zero-order valence-corrected chi connectivity index (χ0v) is 8.54. The highest BCUT2D eigenvalue weighted by atomic mass is 15.3. The van der Waals surface area contributed by atoms with Gasteiger partial charge in [0, 0.05) is 13.1 Å². The van der Waals surface area contributed by atoms with Crippen LogP contribution in [0.5, 0.6) is 0 Å². The van der Waals surface area contributed by atoms with E-state index >= 15 is 0 Å². The summed E-state index contributed by atoms with van der Waals surface area (Å²) in [6.45, 7) is 4.18. The van der Waals surface area contributed by atoms with Gasteiger partial charge in [-0.2, -0.15) is 4.99 Å². The van der Waals surface area contributed by atoms with Crippen molar-refractivity contribution in [3.63, 3.8) is 0 Å². The molecule has 0 radical (unpaired) electrons. The molecular formula is C8H19N5. The van der Waals surface area contributed by atoms with Gasteiger partial charge < -0.3 is 16.4 Å². The number of guanidine groups is 2. The van der Waals surface area contributed by atoms with E-state index in [1.54, 1.807) is 0 Å². The maximum absolute atomic E-state index is 6.94. The van der Waals surface area contributed by atoms with Gasteiger partial charge in [-0.25, -0.2) is 0 Å². The lowest BCUT2D eigenvalue weighted by Crippen LogP contribution is -2.41. The highest BCUT2D eigenvalue weighted by Crippen LogP contribution is 2.02. The minimum atomic E-state index is -0.256. The van der Waals surface area contributed by atoms with Gasteiger partial charge in [-0.3, -0.25) is 5.41 Å². The molecule has 0 aromatic carbocycles. The van der Waals surface area contributed by atoms with Crippen LogP contribution in [-0.4, -0.2) is 29.9 Å². The molecule has 76 valence electrons. The number of nitrogens with one attached hydrogen (secondary N) is 1. The summed E-state index contributed by atoms with van der Waals surface area (Å²) in [7, 11) is 1.85. The van der Waals surface area contributed by atoms with Gasteiger partial charge in [0.2, 0.25) is 5.96 Å². The van der Waals surface area contributed by atoms with Gasteiger partial charge in [0.25, 0.3) is 0 Å². The maximum atomic E-state index is 6.94. The van der Waals surface area contributed by atoms with Crippen molar-refractivity contribution >= 4 is 11.9 Å². The minimum Gasteiger partial charge on any atom is -0.369 e. The van der Waals surface area contributed by atoms with E-state index in [-0.39, 0.29) is 5.96 Å². The molecule has 0 aromatic rings. The van der Waals surface area contributed by atoms with Crippen molar-refractivity contribution in [2.75, 3.05) is 7.05 Å². The average molecular weight is 185 g/mol. The fourth-order valence-corrected chi connectivity index (χ4v) is 1.04. The molecule has 5 N–H and O–H groups in total. The molecule has 0 saturated heterocycles. The third-order valence-corrected chi connectivity index (χ3v) is 1.96. The largest absolute Gasteiger partial charge is 0.369 e. The second-order valence-corrected chi connectivity index (χ2v) is 3.10. The summed E-state index contributed by atoms with van der Waals surface area (Å²) < 4.78 is 0. The molecule has 0 rings (SSSR count). The van der Waals surface area contributed by atoms with Crippen molar-refractivity contribution in [2.45, 2.75) is 32.7 Å². The van der Waals surface area contributed by atoms with Crippen molar-refractivity contribution in [1.29, 1.82) is 5.41 Å². The maximum Gasteiger partial charge on any atom is 0.215 e. The zero-order valence-electron chi connectivity index (χ0n) is 8.54. The summed E-state index contributed by atoms with van der Waals surface area (Å²) >= 11 is 0. The second-order valence-electron chi connectivity index (χ2n) is 3.10. The third-order valence-electron chi connectivity index (χ3n) is 1.96. The van der Waals surface area contributed by atoms with E-state index in [2.05, 4.69) is 18.8 Å². The van der Waals surface area contributed by atoms with E-state index < -0.39 is 0 Å². The Labute approximate surface area is 79.3 Å². The van der Waals surface area contributed by atoms with Gasteiger partial charge in [0.05, 0.1) is 0 Å². The first kappa shape index (κ1) is 11.7. The lowest BCUT2D eigenvalue weighted by atomic mass is 10.2. The smallest absolute Gasteiger partial charge is 0.215 e. The van der Waals surface area contributed by atoms with Gasteiger partial charge in [-0.15, -0.1) is 0 Å². The molecule has 13 heavy (non-hydrogen) atoms. The van der Waals surface area contributed by atoms with E-state index in [1.807, 2.05) is 11.9 Å². The van der Waals surface area contributed by atoms with Crippen molar-refractivity contribution in [1.82, 2.24) is 4.90 Å². The number of aliphatic imine (C=N–C) groups is 1. The van der Waals surface area contributed by atoms with Crippen LogP contribution in [0.25, 0.3) is 0 Å². The van der Waals surface area contributed by atoms with Gasteiger partial charge in [0.15, 0.2) is 5.96 Å². The van der Waals surface area contributed by atoms with Crippen LogP contribution in [0.3, 0.4) is 0 Å². The number of nitrogens with two attached hydrogens (primary N) is 2. The number of nitrogens with zero attached hydrogens (tertiary/aromatic N) is 2. The van der Waals surface area contributed by atoms with E-state index in [9.17, 15) is 0 Å². The molecular weight excluding hydrogens is 166 g/mol. The quantitative estimate of drug-likeness (QED) is 0.436. The average Bonchev–Trinajstić information content (AvgIpc) is 2.02. The van der Waals surface area contributed by atoms with E-state index in [4.69, 9.17) is 16.9 Å². The van der Waals surface area contributed by atoms with Crippen LogP contribution in [0.1, 0.15) is 26.7 Å². The topological polar surface area (TPSA) is 91.5 Å². The van der Waals surface area contributed by atoms with Crippen LogP contribution in [0.4, 0.5) is 0 Å².